The molecular formula is C23H24ClN3O2S. The van der Waals surface area contributed by atoms with Gasteiger partial charge in [0.2, 0.25) is 17.7 Å². The van der Waals surface area contributed by atoms with Crippen molar-refractivity contribution < 1.29 is 9.21 Å². The van der Waals surface area contributed by atoms with Crippen LogP contribution in [0.3, 0.4) is 0 Å². The van der Waals surface area contributed by atoms with Gasteiger partial charge in [0.25, 0.3) is 0 Å². The zero-order chi connectivity index (χ0) is 20.6. The average molecular weight is 442 g/mol. The number of benzene rings is 1. The highest BCUT2D eigenvalue weighted by atomic mass is 35.5. The molecule has 2 fully saturated rings. The Morgan fingerprint density at radius 1 is 1.10 bits per heavy atom. The molecule has 5 rings (SSSR count). The van der Waals surface area contributed by atoms with Crippen molar-refractivity contribution in [1.29, 1.82) is 0 Å². The van der Waals surface area contributed by atoms with Gasteiger partial charge in [-0.3, -0.25) is 4.79 Å². The van der Waals surface area contributed by atoms with Crippen LogP contribution in [0, 0.1) is 0 Å². The minimum absolute atomic E-state index is 0.212. The third kappa shape index (κ3) is 3.56. The summed E-state index contributed by atoms with van der Waals surface area (Å²) in [5.41, 5.74) is 1.68. The van der Waals surface area contributed by atoms with Crippen LogP contribution in [0.15, 0.2) is 45.5 Å². The number of hydrogen-bond donors (Lipinski definition) is 0. The lowest BCUT2D eigenvalue weighted by molar-refractivity contribution is -0.138. The minimum atomic E-state index is -0.395. The van der Waals surface area contributed by atoms with Crippen LogP contribution in [0.4, 0.5) is 0 Å². The third-order valence-electron chi connectivity index (χ3n) is 6.60. The number of rotatable bonds is 4. The van der Waals surface area contributed by atoms with Crippen LogP contribution < -0.4 is 0 Å². The lowest BCUT2D eigenvalue weighted by Crippen LogP contribution is -2.48. The summed E-state index contributed by atoms with van der Waals surface area (Å²) in [6.45, 7) is 1.46. The van der Waals surface area contributed by atoms with Gasteiger partial charge in [-0.2, -0.15) is 11.3 Å². The first-order valence-corrected chi connectivity index (χ1v) is 11.9. The van der Waals surface area contributed by atoms with Crippen molar-refractivity contribution in [3.8, 4) is 11.5 Å². The molecule has 1 saturated carbocycles. The summed E-state index contributed by atoms with van der Waals surface area (Å²) in [5, 5.41) is 13.2. The number of amides is 1. The van der Waals surface area contributed by atoms with Gasteiger partial charge in [-0.1, -0.05) is 36.6 Å². The molecule has 1 aliphatic carbocycles. The summed E-state index contributed by atoms with van der Waals surface area (Å²) in [6, 6.07) is 9.85. The van der Waals surface area contributed by atoms with Crippen LogP contribution in [0.2, 0.25) is 5.02 Å². The zero-order valence-electron chi connectivity index (χ0n) is 16.7. The van der Waals surface area contributed by atoms with E-state index in [1.165, 1.54) is 0 Å². The number of carbonyl (C=O) groups is 1. The van der Waals surface area contributed by atoms with E-state index < -0.39 is 5.41 Å². The summed E-state index contributed by atoms with van der Waals surface area (Å²) in [5.74, 6) is 1.75. The Kier molecular flexibility index (Phi) is 5.37. The number of aromatic nitrogens is 2. The zero-order valence-corrected chi connectivity index (χ0v) is 18.3. The largest absolute Gasteiger partial charge is 0.420 e. The molecule has 30 heavy (non-hydrogen) atoms. The van der Waals surface area contributed by atoms with Crippen molar-refractivity contribution in [2.75, 3.05) is 13.1 Å². The number of thiophene rings is 1. The van der Waals surface area contributed by atoms with Crippen LogP contribution in [0.5, 0.6) is 0 Å². The van der Waals surface area contributed by atoms with Crippen LogP contribution >= 0.6 is 22.9 Å². The fourth-order valence-corrected chi connectivity index (χ4v) is 5.66. The first-order valence-electron chi connectivity index (χ1n) is 10.6. The van der Waals surface area contributed by atoms with Crippen LogP contribution in [-0.4, -0.2) is 34.1 Å². The highest BCUT2D eigenvalue weighted by Crippen LogP contribution is 2.44. The van der Waals surface area contributed by atoms with Crippen LogP contribution in [-0.2, 0) is 10.2 Å². The van der Waals surface area contributed by atoms with Crippen molar-refractivity contribution in [3.05, 3.63) is 57.6 Å². The van der Waals surface area contributed by atoms with E-state index in [0.29, 0.717) is 16.8 Å². The number of likely N-dealkylation sites (tertiary alicyclic amines) is 1. The summed E-state index contributed by atoms with van der Waals surface area (Å²) < 4.78 is 5.93. The fourth-order valence-electron chi connectivity index (χ4n) is 4.91. The van der Waals surface area contributed by atoms with Crippen molar-refractivity contribution in [1.82, 2.24) is 15.1 Å². The van der Waals surface area contributed by atoms with Gasteiger partial charge in [0, 0.05) is 35.0 Å². The van der Waals surface area contributed by atoms with E-state index in [2.05, 4.69) is 10.2 Å². The number of piperidine rings is 1. The molecule has 0 spiro atoms. The Morgan fingerprint density at radius 2 is 1.83 bits per heavy atom. The molecule has 3 heterocycles. The van der Waals surface area contributed by atoms with Crippen molar-refractivity contribution in [2.45, 2.75) is 49.9 Å². The fraction of sp³-hybridized carbons (Fsp3) is 0.435. The molecule has 1 aromatic carbocycles. The molecule has 3 aromatic rings. The molecule has 0 bridgehead atoms. The van der Waals surface area contributed by atoms with Gasteiger partial charge in [0.05, 0.1) is 5.41 Å². The molecule has 1 saturated heterocycles. The van der Waals surface area contributed by atoms with Crippen molar-refractivity contribution in [2.24, 2.45) is 0 Å². The Hall–Kier alpha value is -2.18. The second kappa shape index (κ2) is 8.16. The SMILES string of the molecule is O=C(N1CCC(c2nnc(-c3ccsc3)o2)CC1)C1(c2ccc(Cl)cc2)CCCC1. The molecule has 7 heteroatoms. The smallest absolute Gasteiger partial charge is 0.248 e. The quantitative estimate of drug-likeness (QED) is 0.523. The molecule has 156 valence electrons. The maximum atomic E-state index is 13.7. The summed E-state index contributed by atoms with van der Waals surface area (Å²) >= 11 is 7.70. The van der Waals surface area contributed by atoms with Gasteiger partial charge in [0.1, 0.15) is 0 Å². The van der Waals surface area contributed by atoms with E-state index in [1.54, 1.807) is 11.3 Å². The molecule has 0 unspecified atom stereocenters. The monoisotopic (exact) mass is 441 g/mol. The Labute approximate surface area is 185 Å². The summed E-state index contributed by atoms with van der Waals surface area (Å²) in [6.07, 6.45) is 5.74. The van der Waals surface area contributed by atoms with Crippen LogP contribution in [0.25, 0.3) is 11.5 Å². The first kappa shape index (κ1) is 19.8. The van der Waals surface area contributed by atoms with Gasteiger partial charge in [-0.05, 0) is 54.8 Å². The molecule has 1 amide bonds. The Balaban J connectivity index is 1.29. The van der Waals surface area contributed by atoms with Gasteiger partial charge in [0.15, 0.2) is 0 Å². The lowest BCUT2D eigenvalue weighted by atomic mass is 9.77. The van der Waals surface area contributed by atoms with E-state index in [1.807, 2.05) is 46.0 Å². The highest BCUT2D eigenvalue weighted by Gasteiger charge is 2.45. The van der Waals surface area contributed by atoms with Crippen molar-refractivity contribution >= 4 is 28.8 Å². The van der Waals surface area contributed by atoms with E-state index in [4.69, 9.17) is 16.0 Å². The standard InChI is InChI=1S/C23H24ClN3O2S/c24-19-5-3-18(4-6-19)23(10-1-2-11-23)22(28)27-12-7-16(8-13-27)20-25-26-21(29-20)17-9-14-30-15-17/h3-6,9,14-16H,1-2,7-8,10-13H2. The first-order chi connectivity index (χ1) is 14.7. The number of carbonyl (C=O) groups excluding carboxylic acids is 1. The van der Waals surface area contributed by atoms with E-state index >= 15 is 0 Å². The topological polar surface area (TPSA) is 59.2 Å². The van der Waals surface area contributed by atoms with E-state index in [9.17, 15) is 4.79 Å². The minimum Gasteiger partial charge on any atom is -0.420 e. The maximum absolute atomic E-state index is 13.7. The normalized spacial score (nSPS) is 19.3. The maximum Gasteiger partial charge on any atom is 0.248 e. The second-order valence-electron chi connectivity index (χ2n) is 8.32. The van der Waals surface area contributed by atoms with E-state index in [0.717, 1.165) is 62.7 Å². The molecule has 5 nitrogen and oxygen atoms in total. The average Bonchev–Trinajstić information content (AvgIpc) is 3.55. The number of halogens is 1. The molecule has 2 aliphatic rings. The molecule has 1 aliphatic heterocycles. The molecule has 0 atom stereocenters. The molecule has 2 aromatic heterocycles. The van der Waals surface area contributed by atoms with E-state index in [-0.39, 0.29) is 11.8 Å². The third-order valence-corrected chi connectivity index (χ3v) is 7.54. The summed E-state index contributed by atoms with van der Waals surface area (Å²) in [7, 11) is 0. The molecular weight excluding hydrogens is 418 g/mol. The van der Waals surface area contributed by atoms with Crippen LogP contribution in [0.1, 0.15) is 55.9 Å². The van der Waals surface area contributed by atoms with Gasteiger partial charge < -0.3 is 9.32 Å². The number of nitrogens with zero attached hydrogens (tertiary/aromatic N) is 3. The Bertz CT molecular complexity index is 1000. The summed E-state index contributed by atoms with van der Waals surface area (Å²) in [4.78, 5) is 15.7. The second-order valence-corrected chi connectivity index (χ2v) is 9.54. The van der Waals surface area contributed by atoms with Gasteiger partial charge in [-0.15, -0.1) is 10.2 Å². The van der Waals surface area contributed by atoms with Gasteiger partial charge >= 0.3 is 0 Å². The molecule has 0 N–H and O–H groups in total. The Morgan fingerprint density at radius 3 is 2.50 bits per heavy atom. The predicted molar refractivity (Wildman–Crippen MR) is 118 cm³/mol. The lowest BCUT2D eigenvalue weighted by Gasteiger charge is -2.38. The van der Waals surface area contributed by atoms with Gasteiger partial charge in [-0.25, -0.2) is 0 Å². The number of hydrogen-bond acceptors (Lipinski definition) is 5. The molecule has 0 radical (unpaired) electrons. The highest BCUT2D eigenvalue weighted by molar-refractivity contribution is 7.08. The predicted octanol–water partition coefficient (Wildman–Crippen LogP) is 5.67. The van der Waals surface area contributed by atoms with Crippen molar-refractivity contribution in [3.63, 3.8) is 0 Å².